The van der Waals surface area contributed by atoms with E-state index in [1.54, 1.807) is 6.07 Å². The minimum atomic E-state index is -3.66. The molecule has 7 nitrogen and oxygen atoms in total. The fraction of sp³-hybridized carbons (Fsp3) is 0.300. The lowest BCUT2D eigenvalue weighted by Gasteiger charge is -2.39. The number of phenolic OH excluding ortho intramolecular Hbond substituents is 1. The van der Waals surface area contributed by atoms with Gasteiger partial charge >= 0.3 is 0 Å². The molecule has 1 heterocycles. The third kappa shape index (κ3) is 3.05. The quantitative estimate of drug-likeness (QED) is 0.614. The molecule has 1 aliphatic heterocycles. The van der Waals surface area contributed by atoms with Gasteiger partial charge in [-0.2, -0.15) is 8.78 Å². The second-order valence-electron chi connectivity index (χ2n) is 7.41. The Bertz CT molecular complexity index is 1050. The van der Waals surface area contributed by atoms with E-state index in [0.29, 0.717) is 0 Å². The second-order valence-corrected chi connectivity index (χ2v) is 8.13. The van der Waals surface area contributed by atoms with Crippen molar-refractivity contribution in [1.82, 2.24) is 4.90 Å². The van der Waals surface area contributed by atoms with Crippen LogP contribution in [0.4, 0.5) is 8.78 Å². The average molecular weight is 436 g/mol. The number of likely N-dealkylation sites (tertiary alicyclic amines) is 1. The predicted octanol–water partition coefficient (Wildman–Crippen LogP) is 1.40. The van der Waals surface area contributed by atoms with Gasteiger partial charge in [-0.15, -0.1) is 0 Å². The lowest BCUT2D eigenvalue weighted by atomic mass is 9.90. The number of carbonyl (C=O) groups excluding carboxylic acids is 2. The Morgan fingerprint density at radius 1 is 1.27 bits per heavy atom. The summed E-state index contributed by atoms with van der Waals surface area (Å²) in [5.74, 6) is -1.52. The van der Waals surface area contributed by atoms with Crippen LogP contribution in [0.5, 0.6) is 5.75 Å². The maximum Gasteiger partial charge on any atom is 0.295 e. The number of nitrogens with two attached hydrogens (primary N) is 1. The van der Waals surface area contributed by atoms with Crippen molar-refractivity contribution in [1.29, 1.82) is 0 Å². The Morgan fingerprint density at radius 3 is 2.57 bits per heavy atom. The van der Waals surface area contributed by atoms with Crippen molar-refractivity contribution in [2.24, 2.45) is 5.73 Å². The molecule has 30 heavy (non-hydrogen) atoms. The first-order valence-electron chi connectivity index (χ1n) is 9.09. The monoisotopic (exact) mass is 436 g/mol. The molecule has 2 aromatic carbocycles. The van der Waals surface area contributed by atoms with Crippen molar-refractivity contribution in [3.8, 4) is 16.9 Å². The molecule has 2 aliphatic rings. The van der Waals surface area contributed by atoms with Crippen LogP contribution in [0.15, 0.2) is 36.4 Å². The zero-order chi connectivity index (χ0) is 21.8. The van der Waals surface area contributed by atoms with Gasteiger partial charge in [-0.3, -0.25) is 9.59 Å². The van der Waals surface area contributed by atoms with Crippen molar-refractivity contribution in [2.45, 2.75) is 17.4 Å². The Hall–Kier alpha value is -2.61. The Morgan fingerprint density at radius 2 is 1.93 bits per heavy atom. The van der Waals surface area contributed by atoms with Gasteiger partial charge in [-0.25, -0.2) is 0 Å². The van der Waals surface area contributed by atoms with Gasteiger partial charge in [0, 0.05) is 35.3 Å². The summed E-state index contributed by atoms with van der Waals surface area (Å²) in [6.07, 6.45) is -0.359. The SMILES string of the molecule is NC(=O)COC1CN(C(=O)c2cc(O)c3c(c2)C(O)(C(F)(F)P)c2ccccc2-3)C1. The highest BCUT2D eigenvalue weighted by atomic mass is 31.0. The van der Waals surface area contributed by atoms with Crippen LogP contribution in [0, 0.1) is 0 Å². The zero-order valence-corrected chi connectivity index (χ0v) is 16.8. The molecular weight excluding hydrogens is 417 g/mol. The molecule has 0 saturated carbocycles. The van der Waals surface area contributed by atoms with E-state index in [2.05, 4.69) is 0 Å². The number of hydrogen-bond donors (Lipinski definition) is 3. The molecule has 1 fully saturated rings. The largest absolute Gasteiger partial charge is 0.507 e. The molecule has 2 atom stereocenters. The predicted molar refractivity (Wildman–Crippen MR) is 106 cm³/mol. The number of phenols is 1. The first-order chi connectivity index (χ1) is 14.0. The molecular formula is C20H19F2N2O5P. The number of benzene rings is 2. The molecule has 2 amide bonds. The van der Waals surface area contributed by atoms with Gasteiger partial charge in [0.25, 0.3) is 11.6 Å². The summed E-state index contributed by atoms with van der Waals surface area (Å²) >= 11 is 0. The lowest BCUT2D eigenvalue weighted by molar-refractivity contribution is -0.127. The van der Waals surface area contributed by atoms with Gasteiger partial charge in [0.05, 0.1) is 6.10 Å². The Kier molecular flexibility index (Phi) is 4.80. The molecule has 2 aromatic rings. The molecule has 4 rings (SSSR count). The number of primary amides is 1. The van der Waals surface area contributed by atoms with Crippen molar-refractivity contribution < 1.29 is 33.3 Å². The van der Waals surface area contributed by atoms with E-state index in [1.165, 1.54) is 44.5 Å². The minimum absolute atomic E-state index is 0.0416. The van der Waals surface area contributed by atoms with E-state index in [9.17, 15) is 28.6 Å². The number of aliphatic hydroxyl groups is 1. The van der Waals surface area contributed by atoms with Gasteiger partial charge in [0.2, 0.25) is 5.91 Å². The number of alkyl halides is 2. The van der Waals surface area contributed by atoms with Crippen LogP contribution in [0.2, 0.25) is 0 Å². The Balaban J connectivity index is 1.69. The number of rotatable bonds is 5. The highest BCUT2D eigenvalue weighted by Crippen LogP contribution is 2.58. The standard InChI is InChI=1S/C20H19F2N2O5P/c21-20(22,30)19(28)13-4-2-1-3-12(13)17-14(19)5-10(6-15(17)25)18(27)24-7-11(8-24)29-9-16(23)26/h1-6,11,25,28H,7-9,30H2,(H2,23,26). The molecule has 0 radical (unpaired) electrons. The fourth-order valence-corrected chi connectivity index (χ4v) is 4.24. The molecule has 0 spiro atoms. The molecule has 158 valence electrons. The first kappa shape index (κ1) is 20.7. The molecule has 0 bridgehead atoms. The summed E-state index contributed by atoms with van der Waals surface area (Å²) in [6, 6.07) is 8.40. The maximum atomic E-state index is 14.6. The van der Waals surface area contributed by atoms with Crippen LogP contribution in [0.25, 0.3) is 11.1 Å². The summed E-state index contributed by atoms with van der Waals surface area (Å²) < 4.78 is 34.3. The molecule has 10 heteroatoms. The van der Waals surface area contributed by atoms with Gasteiger partial charge in [-0.05, 0) is 17.7 Å². The van der Waals surface area contributed by atoms with Gasteiger partial charge in [0.15, 0.2) is 5.60 Å². The van der Waals surface area contributed by atoms with Gasteiger partial charge in [-0.1, -0.05) is 33.5 Å². The minimum Gasteiger partial charge on any atom is -0.507 e. The number of fused-ring (bicyclic) bond motifs is 3. The second kappa shape index (κ2) is 6.97. The third-order valence-electron chi connectivity index (χ3n) is 5.42. The van der Waals surface area contributed by atoms with Gasteiger partial charge < -0.3 is 25.6 Å². The van der Waals surface area contributed by atoms with E-state index < -0.39 is 23.1 Å². The van der Waals surface area contributed by atoms with Crippen molar-refractivity contribution in [2.75, 3.05) is 19.7 Å². The van der Waals surface area contributed by atoms with Crippen molar-refractivity contribution in [3.05, 3.63) is 53.1 Å². The van der Waals surface area contributed by atoms with E-state index in [0.717, 1.165) is 0 Å². The maximum absolute atomic E-state index is 14.6. The summed E-state index contributed by atoms with van der Waals surface area (Å²) in [4.78, 5) is 24.9. The number of amides is 2. The zero-order valence-electron chi connectivity index (χ0n) is 15.6. The molecule has 1 aliphatic carbocycles. The van der Waals surface area contributed by atoms with Crippen LogP contribution < -0.4 is 5.73 Å². The third-order valence-corrected chi connectivity index (χ3v) is 5.84. The summed E-state index contributed by atoms with van der Waals surface area (Å²) in [7, 11) is 1.34. The van der Waals surface area contributed by atoms with Crippen LogP contribution in [0.3, 0.4) is 0 Å². The Labute approximate surface area is 172 Å². The van der Waals surface area contributed by atoms with Gasteiger partial charge in [0.1, 0.15) is 12.4 Å². The van der Waals surface area contributed by atoms with Crippen molar-refractivity contribution in [3.63, 3.8) is 0 Å². The molecule has 2 unspecified atom stereocenters. The van der Waals surface area contributed by atoms with Crippen LogP contribution in [-0.2, 0) is 15.1 Å². The van der Waals surface area contributed by atoms with Crippen molar-refractivity contribution >= 4 is 21.1 Å². The average Bonchev–Trinajstić information content (AvgIpc) is 2.90. The molecule has 0 aromatic heterocycles. The van der Waals surface area contributed by atoms with E-state index >= 15 is 0 Å². The molecule has 1 saturated heterocycles. The van der Waals surface area contributed by atoms with Crippen LogP contribution in [0.1, 0.15) is 21.5 Å². The van der Waals surface area contributed by atoms with E-state index in [-0.39, 0.29) is 59.4 Å². The number of hydrogen-bond acceptors (Lipinski definition) is 5. The first-order valence-corrected chi connectivity index (χ1v) is 9.67. The summed E-state index contributed by atoms with van der Waals surface area (Å²) in [6.45, 7) is 0.114. The number of halogens is 2. The molecule has 4 N–H and O–H groups in total. The normalized spacial score (nSPS) is 20.5. The smallest absolute Gasteiger partial charge is 0.295 e. The van der Waals surface area contributed by atoms with Crippen LogP contribution >= 0.6 is 9.24 Å². The highest BCUT2D eigenvalue weighted by molar-refractivity contribution is 7.18. The van der Waals surface area contributed by atoms with E-state index in [4.69, 9.17) is 10.5 Å². The topological polar surface area (TPSA) is 113 Å². The fourth-order valence-electron chi connectivity index (χ4n) is 3.93. The number of carbonyl (C=O) groups is 2. The number of ether oxygens (including phenoxy) is 1. The summed E-state index contributed by atoms with van der Waals surface area (Å²) in [5, 5.41) is 21.6. The number of aromatic hydroxyl groups is 1. The van der Waals surface area contributed by atoms with Crippen LogP contribution in [-0.4, -0.2) is 58.4 Å². The lowest BCUT2D eigenvalue weighted by Crippen LogP contribution is -2.55. The highest BCUT2D eigenvalue weighted by Gasteiger charge is 2.57. The summed E-state index contributed by atoms with van der Waals surface area (Å²) in [5.41, 5.74) is -1.36. The number of nitrogens with zero attached hydrogens (tertiary/aromatic N) is 1. The van der Waals surface area contributed by atoms with E-state index in [1.807, 2.05) is 0 Å².